The first-order chi connectivity index (χ1) is 12.1. The van der Waals surface area contributed by atoms with Gasteiger partial charge in [-0.2, -0.15) is 0 Å². The van der Waals surface area contributed by atoms with Crippen molar-refractivity contribution in [1.82, 2.24) is 0 Å². The van der Waals surface area contributed by atoms with Crippen LogP contribution in [0.25, 0.3) is 22.3 Å². The topological polar surface area (TPSA) is 0 Å². The Morgan fingerprint density at radius 2 is 0.885 bits per heavy atom. The summed E-state index contributed by atoms with van der Waals surface area (Å²) in [6, 6.07) is 27.2. The fourth-order valence-electron chi connectivity index (χ4n) is 3.09. The molecule has 0 spiro atoms. The third kappa shape index (κ3) is 4.07. The zero-order chi connectivity index (χ0) is 18.9. The summed E-state index contributed by atoms with van der Waals surface area (Å²) >= 11 is 0. The van der Waals surface area contributed by atoms with Gasteiger partial charge in [0.1, 0.15) is 0 Å². The number of hydrogen-bond donors (Lipinski definition) is 0. The van der Waals surface area contributed by atoms with Crippen molar-refractivity contribution in [2.45, 2.75) is 52.4 Å². The van der Waals surface area contributed by atoms with Crippen LogP contribution in [0.1, 0.15) is 52.7 Å². The van der Waals surface area contributed by atoms with Crippen LogP contribution in [-0.2, 0) is 10.8 Å². The molecule has 0 aliphatic rings. The molecule has 0 nitrogen and oxygen atoms in total. The average molecular weight is 342 g/mol. The highest BCUT2D eigenvalue weighted by atomic mass is 14.3. The van der Waals surface area contributed by atoms with Crippen LogP contribution in [0.2, 0.25) is 0 Å². The van der Waals surface area contributed by atoms with Crippen LogP contribution in [0.3, 0.4) is 0 Å². The minimum absolute atomic E-state index is 0.135. The Hall–Kier alpha value is -2.34. The Morgan fingerprint density at radius 3 is 1.31 bits per heavy atom. The molecule has 3 rings (SSSR count). The van der Waals surface area contributed by atoms with Crippen molar-refractivity contribution in [3.8, 4) is 22.3 Å². The average Bonchev–Trinajstić information content (AvgIpc) is 2.61. The molecule has 0 heterocycles. The summed E-state index contributed by atoms with van der Waals surface area (Å²) in [6.07, 6.45) is 0. The normalized spacial score (nSPS) is 12.2. The zero-order valence-corrected chi connectivity index (χ0v) is 16.9. The van der Waals surface area contributed by atoms with Crippen LogP contribution < -0.4 is 0 Å². The van der Waals surface area contributed by atoms with E-state index in [4.69, 9.17) is 0 Å². The monoisotopic (exact) mass is 341 g/mol. The van der Waals surface area contributed by atoms with E-state index < -0.39 is 0 Å². The summed E-state index contributed by atoms with van der Waals surface area (Å²) in [4.78, 5) is 0. The smallest absolute Gasteiger partial charge is 0.0132 e. The van der Waals surface area contributed by atoms with E-state index in [9.17, 15) is 0 Å². The second-order valence-corrected chi connectivity index (χ2v) is 9.17. The van der Waals surface area contributed by atoms with E-state index in [2.05, 4.69) is 102 Å². The molecular weight excluding hydrogens is 312 g/mol. The zero-order valence-electron chi connectivity index (χ0n) is 16.9. The van der Waals surface area contributed by atoms with E-state index in [0.717, 1.165) is 0 Å². The van der Waals surface area contributed by atoms with Gasteiger partial charge in [-0.3, -0.25) is 0 Å². The predicted octanol–water partition coefficient (Wildman–Crippen LogP) is 7.42. The Labute approximate surface area is 158 Å². The highest BCUT2D eigenvalue weighted by Gasteiger charge is 2.20. The largest absolute Gasteiger partial charge is 0.0561 e. The van der Waals surface area contributed by atoms with Gasteiger partial charge in [0.15, 0.2) is 0 Å². The van der Waals surface area contributed by atoms with Gasteiger partial charge in [0.25, 0.3) is 0 Å². The summed E-state index contributed by atoms with van der Waals surface area (Å²) in [7, 11) is 0. The summed E-state index contributed by atoms with van der Waals surface area (Å²) in [5, 5.41) is 0. The third-order valence-corrected chi connectivity index (χ3v) is 4.93. The molecule has 0 aromatic heterocycles. The van der Waals surface area contributed by atoms with E-state index in [1.165, 1.54) is 33.4 Å². The molecule has 133 valence electrons. The molecular formula is C26H29. The quantitative estimate of drug-likeness (QED) is 0.455. The summed E-state index contributed by atoms with van der Waals surface area (Å²) in [6.45, 7) is 13.7. The molecule has 0 heteroatoms. The van der Waals surface area contributed by atoms with E-state index in [1.807, 2.05) is 12.1 Å². The fourth-order valence-corrected chi connectivity index (χ4v) is 3.09. The lowest BCUT2D eigenvalue weighted by molar-refractivity contribution is 0.569. The van der Waals surface area contributed by atoms with E-state index in [0.29, 0.717) is 0 Å². The second kappa shape index (κ2) is 6.76. The van der Waals surface area contributed by atoms with Gasteiger partial charge in [-0.25, -0.2) is 0 Å². The van der Waals surface area contributed by atoms with Gasteiger partial charge in [0, 0.05) is 0 Å². The number of rotatable bonds is 2. The molecule has 1 radical (unpaired) electrons. The first-order valence-electron chi connectivity index (χ1n) is 9.37. The Kier molecular flexibility index (Phi) is 4.80. The van der Waals surface area contributed by atoms with Gasteiger partial charge in [-0.15, -0.1) is 0 Å². The molecule has 0 unspecified atom stereocenters. The van der Waals surface area contributed by atoms with Gasteiger partial charge in [0.05, 0.1) is 0 Å². The standard InChI is InChI=1S/C26H29/c1-25(2,3)23-16-22(17-24(18-23)26(4,5)6)21-14-12-20(13-15-21)19-10-8-7-9-11-19/h8-18H,1-6H3. The van der Waals surface area contributed by atoms with Crippen molar-refractivity contribution in [3.05, 3.63) is 83.9 Å². The third-order valence-electron chi connectivity index (χ3n) is 4.93. The van der Waals surface area contributed by atoms with Gasteiger partial charge < -0.3 is 0 Å². The molecule has 3 aromatic rings. The molecule has 3 aromatic carbocycles. The van der Waals surface area contributed by atoms with Crippen LogP contribution in [-0.4, -0.2) is 0 Å². The molecule has 0 aliphatic heterocycles. The fraction of sp³-hybridized carbons (Fsp3) is 0.308. The van der Waals surface area contributed by atoms with Crippen molar-refractivity contribution in [1.29, 1.82) is 0 Å². The van der Waals surface area contributed by atoms with Crippen LogP contribution >= 0.6 is 0 Å². The highest BCUT2D eigenvalue weighted by molar-refractivity contribution is 5.71. The van der Waals surface area contributed by atoms with Gasteiger partial charge in [0.2, 0.25) is 0 Å². The molecule has 0 atom stereocenters. The lowest BCUT2D eigenvalue weighted by Crippen LogP contribution is -2.16. The van der Waals surface area contributed by atoms with E-state index in [1.54, 1.807) is 0 Å². The molecule has 0 fully saturated rings. The van der Waals surface area contributed by atoms with Crippen LogP contribution in [0.4, 0.5) is 0 Å². The number of hydrogen-bond acceptors (Lipinski definition) is 0. The minimum atomic E-state index is 0.135. The van der Waals surface area contributed by atoms with E-state index >= 15 is 0 Å². The van der Waals surface area contributed by atoms with Crippen LogP contribution in [0.5, 0.6) is 0 Å². The van der Waals surface area contributed by atoms with Gasteiger partial charge >= 0.3 is 0 Å². The molecule has 26 heavy (non-hydrogen) atoms. The Bertz CT molecular complexity index is 838. The first kappa shape index (κ1) is 18.5. The second-order valence-electron chi connectivity index (χ2n) is 9.17. The van der Waals surface area contributed by atoms with Crippen LogP contribution in [0.15, 0.2) is 66.7 Å². The van der Waals surface area contributed by atoms with Crippen LogP contribution in [0, 0.1) is 6.07 Å². The minimum Gasteiger partial charge on any atom is -0.0561 e. The molecule has 0 aliphatic carbocycles. The van der Waals surface area contributed by atoms with Gasteiger partial charge in [-0.05, 0) is 50.3 Å². The van der Waals surface area contributed by atoms with Crippen molar-refractivity contribution >= 4 is 0 Å². The molecule has 0 saturated carbocycles. The molecule has 0 bridgehead atoms. The maximum atomic E-state index is 3.08. The Balaban J connectivity index is 2.06. The predicted molar refractivity (Wildman–Crippen MR) is 114 cm³/mol. The van der Waals surface area contributed by atoms with Gasteiger partial charge in [-0.1, -0.05) is 108 Å². The van der Waals surface area contributed by atoms with Crippen molar-refractivity contribution < 1.29 is 0 Å². The van der Waals surface area contributed by atoms with Crippen molar-refractivity contribution in [3.63, 3.8) is 0 Å². The summed E-state index contributed by atoms with van der Waals surface area (Å²) in [5.41, 5.74) is 8.10. The highest BCUT2D eigenvalue weighted by Crippen LogP contribution is 2.34. The summed E-state index contributed by atoms with van der Waals surface area (Å²) in [5.74, 6) is 0. The van der Waals surface area contributed by atoms with E-state index in [-0.39, 0.29) is 10.8 Å². The lowest BCUT2D eigenvalue weighted by Gasteiger charge is -2.26. The molecule has 0 amide bonds. The first-order valence-corrected chi connectivity index (χ1v) is 9.37. The summed E-state index contributed by atoms with van der Waals surface area (Å²) < 4.78 is 0. The molecule has 0 saturated heterocycles. The maximum absolute atomic E-state index is 3.08. The SMILES string of the molecule is CC(C)(C)c1cc(-c2ccc(-c3cc[c]cc3)cc2)cc(C(C)(C)C)c1. The van der Waals surface area contributed by atoms with Crippen molar-refractivity contribution in [2.75, 3.05) is 0 Å². The maximum Gasteiger partial charge on any atom is -0.0132 e. The molecule has 0 N–H and O–H groups in total. The number of benzene rings is 3. The lowest BCUT2D eigenvalue weighted by atomic mass is 9.79. The van der Waals surface area contributed by atoms with Crippen molar-refractivity contribution in [2.24, 2.45) is 0 Å². The Morgan fingerprint density at radius 1 is 0.500 bits per heavy atom.